The summed E-state index contributed by atoms with van der Waals surface area (Å²) in [6.07, 6.45) is 2.90. The maximum absolute atomic E-state index is 13.3. The molecule has 7 nitrogen and oxygen atoms in total. The Kier molecular flexibility index (Phi) is 5.30. The van der Waals surface area contributed by atoms with E-state index in [-0.39, 0.29) is 5.91 Å². The minimum atomic E-state index is -0.214. The lowest BCUT2D eigenvalue weighted by Gasteiger charge is -2.10. The lowest BCUT2D eigenvalue weighted by Crippen LogP contribution is -2.14. The van der Waals surface area contributed by atoms with Crippen molar-refractivity contribution in [3.05, 3.63) is 83.3 Å². The van der Waals surface area contributed by atoms with E-state index in [0.29, 0.717) is 17.0 Å². The fourth-order valence-electron chi connectivity index (χ4n) is 4.28. The molecule has 0 atom stereocenters. The predicted molar refractivity (Wildman–Crippen MR) is 130 cm³/mol. The van der Waals surface area contributed by atoms with Gasteiger partial charge in [0.05, 0.1) is 35.3 Å². The standard InChI is InChI=1S/C26H25N5O2/c1-16-25(29-26(32)21-14-24(33-3)28-23-11-7-5-9-20(21)23)17(2)31(30-16)13-12-18-15-27-22-10-6-4-8-19(18)22/h4-11,14-15,27H,12-13H2,1-3H3,(H,29,32). The van der Waals surface area contributed by atoms with Crippen molar-refractivity contribution in [2.45, 2.75) is 26.8 Å². The van der Waals surface area contributed by atoms with Gasteiger partial charge in [0, 0.05) is 35.1 Å². The molecule has 3 heterocycles. The monoisotopic (exact) mass is 439 g/mol. The fraction of sp³-hybridized carbons (Fsp3) is 0.192. The highest BCUT2D eigenvalue weighted by Crippen LogP contribution is 2.26. The Morgan fingerprint density at radius 1 is 1.09 bits per heavy atom. The molecule has 5 rings (SSSR count). The van der Waals surface area contributed by atoms with Gasteiger partial charge >= 0.3 is 0 Å². The van der Waals surface area contributed by atoms with Crippen LogP contribution in [0.3, 0.4) is 0 Å². The molecule has 33 heavy (non-hydrogen) atoms. The quantitative estimate of drug-likeness (QED) is 0.388. The van der Waals surface area contributed by atoms with Crippen LogP contribution in [0.4, 0.5) is 5.69 Å². The number of aromatic amines is 1. The van der Waals surface area contributed by atoms with Crippen LogP contribution in [0.5, 0.6) is 5.88 Å². The van der Waals surface area contributed by atoms with Gasteiger partial charge in [-0.25, -0.2) is 4.98 Å². The number of nitrogens with one attached hydrogen (secondary N) is 2. The van der Waals surface area contributed by atoms with Gasteiger partial charge in [0.15, 0.2) is 0 Å². The molecule has 0 aliphatic carbocycles. The Hall–Kier alpha value is -4.13. The van der Waals surface area contributed by atoms with Gasteiger partial charge in [0.25, 0.3) is 5.91 Å². The summed E-state index contributed by atoms with van der Waals surface area (Å²) >= 11 is 0. The molecule has 1 amide bonds. The first kappa shape index (κ1) is 20.8. The Morgan fingerprint density at radius 3 is 2.67 bits per heavy atom. The molecular weight excluding hydrogens is 414 g/mol. The van der Waals surface area contributed by atoms with Gasteiger partial charge < -0.3 is 15.0 Å². The van der Waals surface area contributed by atoms with E-state index < -0.39 is 0 Å². The van der Waals surface area contributed by atoms with E-state index in [1.54, 1.807) is 13.2 Å². The molecule has 7 heteroatoms. The first-order valence-corrected chi connectivity index (χ1v) is 10.9. The number of para-hydroxylation sites is 2. The number of aromatic nitrogens is 4. The van der Waals surface area contributed by atoms with E-state index in [9.17, 15) is 4.79 Å². The minimum Gasteiger partial charge on any atom is -0.481 e. The zero-order chi connectivity index (χ0) is 22.9. The second kappa shape index (κ2) is 8.43. The van der Waals surface area contributed by atoms with Crippen molar-refractivity contribution >= 4 is 33.4 Å². The fourth-order valence-corrected chi connectivity index (χ4v) is 4.28. The van der Waals surface area contributed by atoms with Crippen molar-refractivity contribution in [1.82, 2.24) is 19.7 Å². The first-order valence-electron chi connectivity index (χ1n) is 10.9. The third-order valence-electron chi connectivity index (χ3n) is 6.03. The molecule has 0 unspecified atom stereocenters. The predicted octanol–water partition coefficient (Wildman–Crippen LogP) is 5.03. The zero-order valence-electron chi connectivity index (χ0n) is 18.8. The molecule has 0 spiro atoms. The summed E-state index contributed by atoms with van der Waals surface area (Å²) in [6, 6.07) is 17.5. The van der Waals surface area contributed by atoms with Gasteiger partial charge in [0.1, 0.15) is 0 Å². The number of pyridine rings is 1. The molecule has 0 fully saturated rings. The number of aryl methyl sites for hydroxylation is 3. The summed E-state index contributed by atoms with van der Waals surface area (Å²) in [6.45, 7) is 4.61. The van der Waals surface area contributed by atoms with E-state index in [1.165, 1.54) is 10.9 Å². The Balaban J connectivity index is 1.40. The Morgan fingerprint density at radius 2 is 1.85 bits per heavy atom. The van der Waals surface area contributed by atoms with E-state index in [0.717, 1.165) is 40.9 Å². The number of amides is 1. The SMILES string of the molecule is COc1cc(C(=O)Nc2c(C)nn(CCc3c[nH]c4ccccc34)c2C)c2ccccc2n1. The van der Waals surface area contributed by atoms with Crippen LogP contribution in [0.1, 0.15) is 27.3 Å². The number of benzene rings is 2. The summed E-state index contributed by atoms with van der Waals surface area (Å²) in [5.41, 5.74) is 6.05. The molecule has 0 saturated carbocycles. The maximum atomic E-state index is 13.3. The Bertz CT molecular complexity index is 1480. The van der Waals surface area contributed by atoms with Crippen molar-refractivity contribution in [1.29, 1.82) is 0 Å². The number of anilines is 1. The van der Waals surface area contributed by atoms with Crippen LogP contribution in [-0.2, 0) is 13.0 Å². The summed E-state index contributed by atoms with van der Waals surface area (Å²) in [5, 5.41) is 9.76. The zero-order valence-corrected chi connectivity index (χ0v) is 18.8. The summed E-state index contributed by atoms with van der Waals surface area (Å²) in [4.78, 5) is 21.0. The third kappa shape index (κ3) is 3.82. The van der Waals surface area contributed by atoms with Gasteiger partial charge in [-0.2, -0.15) is 5.10 Å². The highest BCUT2D eigenvalue weighted by molar-refractivity contribution is 6.13. The third-order valence-corrected chi connectivity index (χ3v) is 6.03. The molecule has 0 saturated heterocycles. The van der Waals surface area contributed by atoms with E-state index in [4.69, 9.17) is 4.74 Å². The molecule has 3 aromatic heterocycles. The lowest BCUT2D eigenvalue weighted by molar-refractivity contribution is 0.102. The average Bonchev–Trinajstić information content (AvgIpc) is 3.37. The number of nitrogens with zero attached hydrogens (tertiary/aromatic N) is 3. The number of hydrogen-bond acceptors (Lipinski definition) is 4. The summed E-state index contributed by atoms with van der Waals surface area (Å²) in [7, 11) is 1.55. The van der Waals surface area contributed by atoms with Gasteiger partial charge in [-0.05, 0) is 38.0 Å². The molecule has 0 aliphatic heterocycles. The number of hydrogen-bond donors (Lipinski definition) is 2. The molecule has 2 aromatic carbocycles. The van der Waals surface area contributed by atoms with Crippen LogP contribution in [0.15, 0.2) is 60.8 Å². The molecule has 0 aliphatic rings. The normalized spacial score (nSPS) is 11.2. The van der Waals surface area contributed by atoms with E-state index in [2.05, 4.69) is 44.8 Å². The minimum absolute atomic E-state index is 0.214. The largest absolute Gasteiger partial charge is 0.481 e. The highest BCUT2D eigenvalue weighted by atomic mass is 16.5. The second-order valence-electron chi connectivity index (χ2n) is 8.06. The smallest absolute Gasteiger partial charge is 0.256 e. The van der Waals surface area contributed by atoms with Crippen LogP contribution in [0.25, 0.3) is 21.8 Å². The van der Waals surface area contributed by atoms with Gasteiger partial charge in [-0.1, -0.05) is 36.4 Å². The van der Waals surface area contributed by atoms with Crippen molar-refractivity contribution < 1.29 is 9.53 Å². The van der Waals surface area contributed by atoms with Crippen LogP contribution >= 0.6 is 0 Å². The number of fused-ring (bicyclic) bond motifs is 2. The molecule has 5 aromatic rings. The number of methoxy groups -OCH3 is 1. The van der Waals surface area contributed by atoms with Gasteiger partial charge in [0.2, 0.25) is 5.88 Å². The summed E-state index contributed by atoms with van der Waals surface area (Å²) in [5.74, 6) is 0.191. The first-order chi connectivity index (χ1) is 16.0. The number of ether oxygens (including phenoxy) is 1. The van der Waals surface area contributed by atoms with Crippen LogP contribution in [0.2, 0.25) is 0 Å². The van der Waals surface area contributed by atoms with Crippen molar-refractivity contribution in [3.8, 4) is 5.88 Å². The highest BCUT2D eigenvalue weighted by Gasteiger charge is 2.18. The number of rotatable bonds is 6. The molecule has 0 bridgehead atoms. The van der Waals surface area contributed by atoms with Crippen LogP contribution < -0.4 is 10.1 Å². The summed E-state index contributed by atoms with van der Waals surface area (Å²) < 4.78 is 7.26. The molecule has 0 radical (unpaired) electrons. The van der Waals surface area contributed by atoms with Gasteiger partial charge in [-0.3, -0.25) is 9.48 Å². The second-order valence-corrected chi connectivity index (χ2v) is 8.06. The van der Waals surface area contributed by atoms with Crippen molar-refractivity contribution in [3.63, 3.8) is 0 Å². The number of H-pyrrole nitrogens is 1. The van der Waals surface area contributed by atoms with Crippen molar-refractivity contribution in [2.75, 3.05) is 12.4 Å². The molecule has 166 valence electrons. The lowest BCUT2D eigenvalue weighted by atomic mass is 10.1. The maximum Gasteiger partial charge on any atom is 0.256 e. The Labute approximate surface area is 191 Å². The van der Waals surface area contributed by atoms with Crippen LogP contribution in [-0.4, -0.2) is 32.8 Å². The molecule has 2 N–H and O–H groups in total. The van der Waals surface area contributed by atoms with E-state index >= 15 is 0 Å². The average molecular weight is 440 g/mol. The number of carbonyl (C=O) groups excluding carboxylic acids is 1. The van der Waals surface area contributed by atoms with Crippen molar-refractivity contribution in [2.24, 2.45) is 0 Å². The number of carbonyl (C=O) groups is 1. The van der Waals surface area contributed by atoms with Crippen LogP contribution in [0, 0.1) is 13.8 Å². The van der Waals surface area contributed by atoms with Gasteiger partial charge in [-0.15, -0.1) is 0 Å². The van der Waals surface area contributed by atoms with E-state index in [1.807, 2.05) is 48.9 Å². The molecular formula is C26H25N5O2. The topological polar surface area (TPSA) is 84.8 Å².